The van der Waals surface area contributed by atoms with Gasteiger partial charge in [0.2, 0.25) is 0 Å². The molecule has 1 aromatic heterocycles. The van der Waals surface area contributed by atoms with Crippen molar-refractivity contribution in [2.45, 2.75) is 18.7 Å². The molecule has 3 aromatic carbocycles. The molecule has 1 atom stereocenters. The fraction of sp³-hybridized carbons (Fsp3) is 0.125. The Morgan fingerprint density at radius 3 is 2.30 bits per heavy atom. The Labute approximate surface area is 174 Å². The lowest BCUT2D eigenvalue weighted by molar-refractivity contribution is -0.138. The molecule has 1 amide bonds. The van der Waals surface area contributed by atoms with E-state index >= 15 is 0 Å². The molecule has 30 heavy (non-hydrogen) atoms. The van der Waals surface area contributed by atoms with Crippen LogP contribution < -0.4 is 4.90 Å². The zero-order valence-corrected chi connectivity index (χ0v) is 16.2. The largest absolute Gasteiger partial charge is 0.374 e. The number of rotatable bonds is 5. The van der Waals surface area contributed by atoms with Crippen LogP contribution in [0.15, 0.2) is 91.1 Å². The molecular formula is C24H20N4O2. The summed E-state index contributed by atoms with van der Waals surface area (Å²) in [6.45, 7) is 0.388. The van der Waals surface area contributed by atoms with Gasteiger partial charge in [0.05, 0.1) is 25.0 Å². The van der Waals surface area contributed by atoms with E-state index in [9.17, 15) is 9.90 Å². The smallest absolute Gasteiger partial charge is 0.265 e. The van der Waals surface area contributed by atoms with Gasteiger partial charge in [0.25, 0.3) is 5.91 Å². The van der Waals surface area contributed by atoms with E-state index in [1.807, 2.05) is 78.9 Å². The number of para-hydroxylation sites is 1. The summed E-state index contributed by atoms with van der Waals surface area (Å²) in [6.07, 6.45) is 1.75. The number of carbonyl (C=O) groups is 1. The second kappa shape index (κ2) is 7.24. The molecule has 0 spiro atoms. The van der Waals surface area contributed by atoms with Crippen LogP contribution in [0.1, 0.15) is 11.1 Å². The minimum atomic E-state index is -1.70. The van der Waals surface area contributed by atoms with Crippen molar-refractivity contribution in [2.24, 2.45) is 0 Å². The molecule has 1 N–H and O–H groups in total. The van der Waals surface area contributed by atoms with Crippen LogP contribution in [-0.4, -0.2) is 26.0 Å². The highest BCUT2D eigenvalue weighted by Gasteiger charge is 2.50. The summed E-state index contributed by atoms with van der Waals surface area (Å²) in [5, 5.41) is 19.9. The van der Waals surface area contributed by atoms with Gasteiger partial charge in [0.1, 0.15) is 5.69 Å². The predicted octanol–water partition coefficient (Wildman–Crippen LogP) is 3.38. The molecule has 0 radical (unpaired) electrons. The van der Waals surface area contributed by atoms with Crippen LogP contribution in [0.2, 0.25) is 0 Å². The molecule has 1 unspecified atom stereocenters. The van der Waals surface area contributed by atoms with E-state index < -0.39 is 5.60 Å². The summed E-state index contributed by atoms with van der Waals surface area (Å²) >= 11 is 0. The average Bonchev–Trinajstić information content (AvgIpc) is 3.33. The van der Waals surface area contributed by atoms with Gasteiger partial charge < -0.3 is 10.0 Å². The molecule has 0 fully saturated rings. The Hall–Kier alpha value is -3.77. The van der Waals surface area contributed by atoms with Crippen molar-refractivity contribution in [1.29, 1.82) is 0 Å². The monoisotopic (exact) mass is 396 g/mol. The van der Waals surface area contributed by atoms with Crippen LogP contribution in [0, 0.1) is 0 Å². The molecule has 5 rings (SSSR count). The Bertz CT molecular complexity index is 1190. The zero-order chi connectivity index (χ0) is 20.6. The highest BCUT2D eigenvalue weighted by atomic mass is 16.3. The lowest BCUT2D eigenvalue weighted by atomic mass is 9.95. The number of fused-ring (bicyclic) bond motifs is 1. The summed E-state index contributed by atoms with van der Waals surface area (Å²) in [5.74, 6) is -0.357. The van der Waals surface area contributed by atoms with Crippen molar-refractivity contribution in [3.8, 4) is 11.3 Å². The van der Waals surface area contributed by atoms with E-state index in [4.69, 9.17) is 0 Å². The van der Waals surface area contributed by atoms with Gasteiger partial charge in [-0.1, -0.05) is 84.1 Å². The fourth-order valence-corrected chi connectivity index (χ4v) is 3.93. The van der Waals surface area contributed by atoms with Gasteiger partial charge in [-0.3, -0.25) is 4.79 Å². The summed E-state index contributed by atoms with van der Waals surface area (Å²) < 4.78 is 1.53. The third-order valence-electron chi connectivity index (χ3n) is 5.42. The van der Waals surface area contributed by atoms with E-state index in [1.165, 1.54) is 4.68 Å². The Kier molecular flexibility index (Phi) is 4.41. The van der Waals surface area contributed by atoms with Crippen LogP contribution in [-0.2, 0) is 23.5 Å². The second-order valence-electron chi connectivity index (χ2n) is 7.42. The number of aromatic nitrogens is 3. The van der Waals surface area contributed by atoms with Crippen LogP contribution in [0.25, 0.3) is 11.3 Å². The number of hydrogen-bond donors (Lipinski definition) is 1. The second-order valence-corrected chi connectivity index (χ2v) is 7.42. The first-order chi connectivity index (χ1) is 14.6. The molecule has 6 nitrogen and oxygen atoms in total. The number of amides is 1. The number of aliphatic hydroxyl groups is 1. The fourth-order valence-electron chi connectivity index (χ4n) is 3.93. The van der Waals surface area contributed by atoms with E-state index in [-0.39, 0.29) is 12.5 Å². The zero-order valence-electron chi connectivity index (χ0n) is 16.2. The van der Waals surface area contributed by atoms with Crippen molar-refractivity contribution in [2.75, 3.05) is 4.90 Å². The van der Waals surface area contributed by atoms with Gasteiger partial charge >= 0.3 is 0 Å². The Balaban J connectivity index is 1.47. The van der Waals surface area contributed by atoms with E-state index in [1.54, 1.807) is 17.2 Å². The van der Waals surface area contributed by atoms with Crippen LogP contribution in [0.5, 0.6) is 0 Å². The highest BCUT2D eigenvalue weighted by Crippen LogP contribution is 2.42. The molecule has 148 valence electrons. The third kappa shape index (κ3) is 3.07. The molecule has 1 aliphatic heterocycles. The van der Waals surface area contributed by atoms with Crippen LogP contribution in [0.3, 0.4) is 0 Å². The predicted molar refractivity (Wildman–Crippen MR) is 113 cm³/mol. The maximum atomic E-state index is 13.4. The maximum absolute atomic E-state index is 13.4. The van der Waals surface area contributed by atoms with Crippen molar-refractivity contribution in [3.63, 3.8) is 0 Å². The van der Waals surface area contributed by atoms with Crippen LogP contribution in [0.4, 0.5) is 5.69 Å². The molecule has 0 saturated carbocycles. The lowest BCUT2D eigenvalue weighted by Gasteiger charge is -2.23. The molecule has 0 saturated heterocycles. The summed E-state index contributed by atoms with van der Waals surface area (Å²) in [7, 11) is 0. The minimum Gasteiger partial charge on any atom is -0.374 e. The van der Waals surface area contributed by atoms with Crippen molar-refractivity contribution in [1.82, 2.24) is 15.0 Å². The maximum Gasteiger partial charge on any atom is 0.265 e. The quantitative estimate of drug-likeness (QED) is 0.561. The van der Waals surface area contributed by atoms with E-state index in [2.05, 4.69) is 10.3 Å². The summed E-state index contributed by atoms with van der Waals surface area (Å²) in [4.78, 5) is 15.0. The lowest BCUT2D eigenvalue weighted by Crippen LogP contribution is -2.43. The molecule has 0 bridgehead atoms. The average molecular weight is 396 g/mol. The van der Waals surface area contributed by atoms with Gasteiger partial charge in [-0.05, 0) is 11.6 Å². The number of hydrogen-bond acceptors (Lipinski definition) is 4. The number of nitrogens with zero attached hydrogens (tertiary/aromatic N) is 4. The summed E-state index contributed by atoms with van der Waals surface area (Å²) in [5.41, 5.74) is 2.23. The van der Waals surface area contributed by atoms with Gasteiger partial charge in [0, 0.05) is 11.1 Å². The molecule has 0 aliphatic carbocycles. The van der Waals surface area contributed by atoms with Crippen molar-refractivity contribution >= 4 is 11.6 Å². The SMILES string of the molecule is O=C1N(Cc2ccccc2)c2ccccc2C1(O)Cn1cc(-c2ccccc2)nn1. The van der Waals surface area contributed by atoms with Gasteiger partial charge in [-0.2, -0.15) is 0 Å². The molecule has 4 aromatic rings. The number of anilines is 1. The normalized spacial score (nSPS) is 17.9. The number of benzene rings is 3. The molecular weight excluding hydrogens is 376 g/mol. The van der Waals surface area contributed by atoms with Crippen molar-refractivity contribution < 1.29 is 9.90 Å². The molecule has 1 aliphatic rings. The first kappa shape index (κ1) is 18.3. The van der Waals surface area contributed by atoms with Gasteiger partial charge in [-0.25, -0.2) is 4.68 Å². The first-order valence-corrected chi connectivity index (χ1v) is 9.78. The number of carbonyl (C=O) groups excluding carboxylic acids is 1. The first-order valence-electron chi connectivity index (χ1n) is 9.78. The van der Waals surface area contributed by atoms with Crippen molar-refractivity contribution in [3.05, 3.63) is 102 Å². The minimum absolute atomic E-state index is 0.00598. The molecule has 6 heteroatoms. The Morgan fingerprint density at radius 2 is 1.53 bits per heavy atom. The third-order valence-corrected chi connectivity index (χ3v) is 5.42. The molecule has 2 heterocycles. The van der Waals surface area contributed by atoms with Gasteiger partial charge in [0.15, 0.2) is 5.60 Å². The highest BCUT2D eigenvalue weighted by molar-refractivity contribution is 6.06. The van der Waals surface area contributed by atoms with E-state index in [0.29, 0.717) is 17.8 Å². The van der Waals surface area contributed by atoms with Gasteiger partial charge in [-0.15, -0.1) is 5.10 Å². The summed E-state index contributed by atoms with van der Waals surface area (Å²) in [6, 6.07) is 26.8. The van der Waals surface area contributed by atoms with Crippen LogP contribution >= 0.6 is 0 Å². The Morgan fingerprint density at radius 1 is 0.867 bits per heavy atom. The topological polar surface area (TPSA) is 71.2 Å². The van der Waals surface area contributed by atoms with E-state index in [0.717, 1.165) is 16.8 Å². The standard InChI is InChI=1S/C24H20N4O2/c29-23-24(30,17-27-16-21(25-26-27)19-11-5-2-6-12-19)20-13-7-8-14-22(20)28(23)15-18-9-3-1-4-10-18/h1-14,16,30H,15,17H2.